The summed E-state index contributed by atoms with van der Waals surface area (Å²) in [5, 5.41) is 12.0. The molecular weight excluding hydrogens is 536 g/mol. The number of aliphatic carboxylic acids is 1. The van der Waals surface area contributed by atoms with Gasteiger partial charge >= 0.3 is 18.3 Å². The van der Waals surface area contributed by atoms with Gasteiger partial charge in [0, 0.05) is 12.0 Å². The molecule has 0 bridgehead atoms. The smallest absolute Gasteiger partial charge is 0.416 e. The summed E-state index contributed by atoms with van der Waals surface area (Å²) in [5.74, 6) is -2.04. The van der Waals surface area contributed by atoms with Gasteiger partial charge in [0.05, 0.1) is 11.1 Å². The molecule has 0 aromatic heterocycles. The second-order valence-corrected chi connectivity index (χ2v) is 9.00. The van der Waals surface area contributed by atoms with Crippen LogP contribution in [0, 0.1) is 0 Å². The molecule has 0 aliphatic heterocycles. The summed E-state index contributed by atoms with van der Waals surface area (Å²) in [4.78, 5) is 24.6. The van der Waals surface area contributed by atoms with Crippen molar-refractivity contribution in [1.82, 2.24) is 5.32 Å². The van der Waals surface area contributed by atoms with Gasteiger partial charge in [0.2, 0.25) is 0 Å². The van der Waals surface area contributed by atoms with Crippen LogP contribution >= 0.6 is 0 Å². The minimum atomic E-state index is -5.00. The molecule has 0 aliphatic rings. The fourth-order valence-corrected chi connectivity index (χ4v) is 4.08. The van der Waals surface area contributed by atoms with E-state index in [0.717, 1.165) is 11.1 Å². The number of hydrogen-bond donors (Lipinski definition) is 2. The molecule has 40 heavy (non-hydrogen) atoms. The van der Waals surface area contributed by atoms with E-state index in [9.17, 15) is 41.0 Å². The lowest BCUT2D eigenvalue weighted by molar-refractivity contribution is -0.143. The summed E-state index contributed by atoms with van der Waals surface area (Å²) in [6.45, 7) is 0. The van der Waals surface area contributed by atoms with Crippen molar-refractivity contribution in [3.8, 4) is 22.3 Å². The zero-order valence-corrected chi connectivity index (χ0v) is 20.6. The van der Waals surface area contributed by atoms with E-state index in [1.807, 2.05) is 42.5 Å². The Labute approximate surface area is 224 Å². The number of halogens is 6. The second-order valence-electron chi connectivity index (χ2n) is 9.00. The number of benzene rings is 4. The summed E-state index contributed by atoms with van der Waals surface area (Å²) >= 11 is 0. The van der Waals surface area contributed by atoms with Crippen LogP contribution in [0.3, 0.4) is 0 Å². The van der Waals surface area contributed by atoms with E-state index in [2.05, 4.69) is 5.32 Å². The molecule has 0 radical (unpaired) electrons. The minimum Gasteiger partial charge on any atom is -0.480 e. The third kappa shape index (κ3) is 6.88. The number of nitrogens with one attached hydrogen (secondary N) is 1. The van der Waals surface area contributed by atoms with Gasteiger partial charge < -0.3 is 10.4 Å². The maximum atomic E-state index is 13.2. The first kappa shape index (κ1) is 28.4. The number of carbonyl (C=O) groups is 2. The lowest BCUT2D eigenvalue weighted by Crippen LogP contribution is -2.42. The van der Waals surface area contributed by atoms with Crippen molar-refractivity contribution in [1.29, 1.82) is 0 Å². The number of carboxylic acid groups (broad SMARTS) is 1. The molecular formula is C30H21F6NO3. The van der Waals surface area contributed by atoms with Crippen LogP contribution in [-0.2, 0) is 23.6 Å². The molecule has 206 valence electrons. The fraction of sp³-hybridized carbons (Fsp3) is 0.133. The second kappa shape index (κ2) is 11.3. The molecule has 0 aliphatic carbocycles. The lowest BCUT2D eigenvalue weighted by atomic mass is 9.98. The SMILES string of the molecule is O=C(NC(Cc1ccc(-c2ccccc2)cc1)C(=O)O)c1ccc(-c2cc(C(F)(F)F)cc(C(F)(F)F)c2)cc1. The van der Waals surface area contributed by atoms with Crippen molar-refractivity contribution in [3.05, 3.63) is 119 Å². The van der Waals surface area contributed by atoms with Gasteiger partial charge in [0.15, 0.2) is 0 Å². The third-order valence-electron chi connectivity index (χ3n) is 6.17. The molecule has 0 spiro atoms. The van der Waals surface area contributed by atoms with E-state index in [4.69, 9.17) is 0 Å². The Morgan fingerprint density at radius 3 is 1.62 bits per heavy atom. The molecule has 4 aromatic carbocycles. The Morgan fingerprint density at radius 2 is 1.12 bits per heavy atom. The zero-order chi connectivity index (χ0) is 29.1. The topological polar surface area (TPSA) is 66.4 Å². The van der Waals surface area contributed by atoms with Gasteiger partial charge in [-0.15, -0.1) is 0 Å². The molecule has 4 aromatic rings. The fourth-order valence-electron chi connectivity index (χ4n) is 4.08. The third-order valence-corrected chi connectivity index (χ3v) is 6.17. The maximum Gasteiger partial charge on any atom is 0.416 e. The quantitative estimate of drug-likeness (QED) is 0.232. The summed E-state index contributed by atoms with van der Waals surface area (Å²) in [5.41, 5.74) is -0.674. The van der Waals surface area contributed by atoms with Crippen molar-refractivity contribution >= 4 is 11.9 Å². The molecule has 1 amide bonds. The highest BCUT2D eigenvalue weighted by Crippen LogP contribution is 2.38. The summed E-state index contributed by atoms with van der Waals surface area (Å²) < 4.78 is 79.2. The number of rotatable bonds is 7. The Balaban J connectivity index is 1.50. The number of alkyl halides is 6. The number of carboxylic acids is 1. The number of carbonyl (C=O) groups excluding carboxylic acids is 1. The standard InChI is InChI=1S/C30H21F6NO3/c31-29(32,33)24-15-23(16-25(17-24)30(34,35)36)21-10-12-22(13-11-21)27(38)37-26(28(39)40)14-18-6-8-20(9-7-18)19-4-2-1-3-5-19/h1-13,15-17,26H,14H2,(H,37,38)(H,39,40). The van der Waals surface area contributed by atoms with E-state index in [1.54, 1.807) is 12.1 Å². The van der Waals surface area contributed by atoms with Crippen molar-refractivity contribution in [2.24, 2.45) is 0 Å². The average molecular weight is 557 g/mol. The first-order chi connectivity index (χ1) is 18.8. The molecule has 10 heteroatoms. The molecule has 4 rings (SSSR count). The molecule has 0 saturated heterocycles. The first-order valence-corrected chi connectivity index (χ1v) is 11.9. The van der Waals surface area contributed by atoms with E-state index >= 15 is 0 Å². The van der Waals surface area contributed by atoms with Crippen molar-refractivity contribution in [2.45, 2.75) is 24.8 Å². The molecule has 1 atom stereocenters. The van der Waals surface area contributed by atoms with Gasteiger partial charge in [-0.3, -0.25) is 4.79 Å². The van der Waals surface area contributed by atoms with Gasteiger partial charge in [0.25, 0.3) is 5.91 Å². The van der Waals surface area contributed by atoms with Crippen LogP contribution in [0.5, 0.6) is 0 Å². The van der Waals surface area contributed by atoms with Crippen molar-refractivity contribution < 1.29 is 41.0 Å². The van der Waals surface area contributed by atoms with Crippen LogP contribution < -0.4 is 5.32 Å². The molecule has 0 fully saturated rings. The van der Waals surface area contributed by atoms with Crippen LogP contribution in [0.1, 0.15) is 27.0 Å². The van der Waals surface area contributed by atoms with Gasteiger partial charge in [-0.2, -0.15) is 26.3 Å². The van der Waals surface area contributed by atoms with Crippen LogP contribution in [0.25, 0.3) is 22.3 Å². The number of hydrogen-bond acceptors (Lipinski definition) is 2. The molecule has 2 N–H and O–H groups in total. The van der Waals surface area contributed by atoms with Gasteiger partial charge in [0.1, 0.15) is 6.04 Å². The van der Waals surface area contributed by atoms with Gasteiger partial charge in [-0.25, -0.2) is 4.79 Å². The van der Waals surface area contributed by atoms with E-state index in [-0.39, 0.29) is 29.2 Å². The van der Waals surface area contributed by atoms with Crippen LogP contribution in [0.2, 0.25) is 0 Å². The summed E-state index contributed by atoms with van der Waals surface area (Å²) in [6.07, 6.45) is -10.0. The Bertz CT molecular complexity index is 1460. The predicted molar refractivity (Wildman–Crippen MR) is 136 cm³/mol. The van der Waals surface area contributed by atoms with E-state index in [0.29, 0.717) is 17.7 Å². The van der Waals surface area contributed by atoms with Crippen LogP contribution in [0.15, 0.2) is 97.1 Å². The summed E-state index contributed by atoms with van der Waals surface area (Å²) in [7, 11) is 0. The predicted octanol–water partition coefficient (Wildman–Crippen LogP) is 7.48. The lowest BCUT2D eigenvalue weighted by Gasteiger charge is -2.16. The normalized spacial score (nSPS) is 12.6. The highest BCUT2D eigenvalue weighted by atomic mass is 19.4. The summed E-state index contributed by atoms with van der Waals surface area (Å²) in [6, 6.07) is 21.4. The first-order valence-electron chi connectivity index (χ1n) is 11.9. The van der Waals surface area contributed by atoms with Crippen molar-refractivity contribution in [3.63, 3.8) is 0 Å². The van der Waals surface area contributed by atoms with Crippen LogP contribution in [-0.4, -0.2) is 23.0 Å². The number of amides is 1. The van der Waals surface area contributed by atoms with E-state index < -0.39 is 41.4 Å². The Kier molecular flexibility index (Phi) is 7.99. The minimum absolute atomic E-state index is 0.0152. The highest BCUT2D eigenvalue weighted by molar-refractivity contribution is 5.97. The Hall–Kier alpha value is -4.60. The largest absolute Gasteiger partial charge is 0.480 e. The molecule has 1 unspecified atom stereocenters. The average Bonchev–Trinajstić information content (AvgIpc) is 2.92. The molecule has 0 saturated carbocycles. The zero-order valence-electron chi connectivity index (χ0n) is 20.6. The van der Waals surface area contributed by atoms with E-state index in [1.165, 1.54) is 24.3 Å². The highest BCUT2D eigenvalue weighted by Gasteiger charge is 2.37. The monoisotopic (exact) mass is 557 g/mol. The molecule has 4 nitrogen and oxygen atoms in total. The van der Waals surface area contributed by atoms with Crippen molar-refractivity contribution in [2.75, 3.05) is 0 Å². The molecule has 0 heterocycles. The van der Waals surface area contributed by atoms with Gasteiger partial charge in [-0.1, -0.05) is 66.7 Å². The van der Waals surface area contributed by atoms with Crippen LogP contribution in [0.4, 0.5) is 26.3 Å². The van der Waals surface area contributed by atoms with Gasteiger partial charge in [-0.05, 0) is 58.1 Å². The Morgan fingerprint density at radius 1 is 0.650 bits per heavy atom. The maximum absolute atomic E-state index is 13.2.